The molecule has 222 valence electrons. The van der Waals surface area contributed by atoms with Crippen LogP contribution in [0.5, 0.6) is 0 Å². The van der Waals surface area contributed by atoms with Crippen molar-refractivity contribution in [2.45, 2.75) is 77.6 Å². The topological polar surface area (TPSA) is 111 Å². The molecular formula is C31H38F3N3O4. The molecule has 0 heterocycles. The van der Waals surface area contributed by atoms with Gasteiger partial charge >= 0.3 is 18.1 Å². The number of halogens is 3. The average molecular weight is 574 g/mol. The van der Waals surface area contributed by atoms with Gasteiger partial charge in [0.1, 0.15) is 0 Å². The second kappa shape index (κ2) is 12.5. The van der Waals surface area contributed by atoms with E-state index in [1.54, 1.807) is 24.3 Å². The SMILES string of the molecule is Cc1ccc(CN=C(Nc2ccc(C(=O)O)cc2)NC(C)CC23CC4CC(CC(C4)C2)C3)cc1.O=C(O)C(F)(F)F. The Morgan fingerprint density at radius 2 is 1.46 bits per heavy atom. The van der Waals surface area contributed by atoms with Crippen LogP contribution in [0, 0.1) is 30.1 Å². The minimum absolute atomic E-state index is 0.284. The minimum atomic E-state index is -5.08. The molecule has 4 saturated carbocycles. The van der Waals surface area contributed by atoms with Crippen LogP contribution >= 0.6 is 0 Å². The van der Waals surface area contributed by atoms with Crippen molar-refractivity contribution in [2.24, 2.45) is 28.2 Å². The number of aryl methyl sites for hydroxylation is 1. The van der Waals surface area contributed by atoms with Crippen molar-refractivity contribution in [3.63, 3.8) is 0 Å². The number of guanidine groups is 1. The van der Waals surface area contributed by atoms with Crippen LogP contribution in [0.15, 0.2) is 53.5 Å². The molecule has 4 aliphatic rings. The Morgan fingerprint density at radius 1 is 0.951 bits per heavy atom. The van der Waals surface area contributed by atoms with E-state index in [0.29, 0.717) is 18.0 Å². The molecule has 2 aromatic carbocycles. The van der Waals surface area contributed by atoms with Gasteiger partial charge in [0.15, 0.2) is 5.96 Å². The summed E-state index contributed by atoms with van der Waals surface area (Å²) < 4.78 is 31.7. The Hall–Kier alpha value is -3.56. The summed E-state index contributed by atoms with van der Waals surface area (Å²) in [5.74, 6) is -0.0486. The van der Waals surface area contributed by atoms with Crippen LogP contribution in [-0.4, -0.2) is 40.3 Å². The van der Waals surface area contributed by atoms with Gasteiger partial charge in [0.25, 0.3) is 0 Å². The number of alkyl halides is 3. The van der Waals surface area contributed by atoms with Gasteiger partial charge in [-0.15, -0.1) is 0 Å². The van der Waals surface area contributed by atoms with E-state index in [2.05, 4.69) is 48.7 Å². The van der Waals surface area contributed by atoms with Crippen molar-refractivity contribution in [3.8, 4) is 0 Å². The van der Waals surface area contributed by atoms with Crippen molar-refractivity contribution in [1.82, 2.24) is 5.32 Å². The second-order valence-corrected chi connectivity index (χ2v) is 12.1. The maximum Gasteiger partial charge on any atom is 0.490 e. The fourth-order valence-electron chi connectivity index (χ4n) is 7.29. The van der Waals surface area contributed by atoms with Crippen LogP contribution in [-0.2, 0) is 11.3 Å². The number of aromatic carboxylic acids is 1. The number of aliphatic imine (C=N–C) groups is 1. The van der Waals surface area contributed by atoms with Crippen LogP contribution in [0.25, 0.3) is 0 Å². The molecular weight excluding hydrogens is 535 g/mol. The van der Waals surface area contributed by atoms with Crippen LogP contribution in [0.4, 0.5) is 18.9 Å². The number of anilines is 1. The fraction of sp³-hybridized carbons (Fsp3) is 0.516. The summed E-state index contributed by atoms with van der Waals surface area (Å²) in [5, 5.41) is 23.4. The summed E-state index contributed by atoms with van der Waals surface area (Å²) in [7, 11) is 0. The van der Waals surface area contributed by atoms with Gasteiger partial charge in [-0.2, -0.15) is 13.2 Å². The molecule has 2 aromatic rings. The number of nitrogens with zero attached hydrogens (tertiary/aromatic N) is 1. The van der Waals surface area contributed by atoms with E-state index in [9.17, 15) is 23.1 Å². The molecule has 10 heteroatoms. The number of hydrogen-bond acceptors (Lipinski definition) is 3. The lowest BCUT2D eigenvalue weighted by molar-refractivity contribution is -0.192. The number of hydrogen-bond donors (Lipinski definition) is 4. The van der Waals surface area contributed by atoms with E-state index in [4.69, 9.17) is 14.9 Å². The molecule has 0 amide bonds. The van der Waals surface area contributed by atoms with Gasteiger partial charge in [-0.25, -0.2) is 14.6 Å². The molecule has 7 nitrogen and oxygen atoms in total. The highest BCUT2D eigenvalue weighted by Crippen LogP contribution is 2.61. The lowest BCUT2D eigenvalue weighted by atomic mass is 9.48. The van der Waals surface area contributed by atoms with Crippen molar-refractivity contribution in [1.29, 1.82) is 0 Å². The fourth-order valence-corrected chi connectivity index (χ4v) is 7.29. The lowest BCUT2D eigenvalue weighted by Gasteiger charge is -2.57. The number of carbonyl (C=O) groups is 2. The number of nitrogens with one attached hydrogen (secondary N) is 2. The van der Waals surface area contributed by atoms with Crippen LogP contribution in [0.2, 0.25) is 0 Å². The zero-order valence-corrected chi connectivity index (χ0v) is 23.4. The van der Waals surface area contributed by atoms with E-state index in [1.165, 1.54) is 56.1 Å². The second-order valence-electron chi connectivity index (χ2n) is 12.1. The third kappa shape index (κ3) is 8.47. The van der Waals surface area contributed by atoms with Gasteiger partial charge in [0.2, 0.25) is 0 Å². The standard InChI is InChI=1S/C29H37N3O2.C2HF3O2/c1-19-3-5-21(6-4-19)18-30-28(32-26-9-7-25(8-10-26)27(33)34)31-20(2)14-29-15-22-11-23(16-29)13-24(12-22)17-29;3-2(4,5)1(6)7/h3-10,20,22-24H,11-18H2,1-2H3,(H,33,34)(H2,30,31,32);(H,6,7). The molecule has 1 unspecified atom stereocenters. The molecule has 0 radical (unpaired) electrons. The molecule has 0 saturated heterocycles. The molecule has 4 fully saturated rings. The third-order valence-corrected chi connectivity index (χ3v) is 8.46. The first kappa shape index (κ1) is 30.4. The third-order valence-electron chi connectivity index (χ3n) is 8.46. The normalized spacial score (nSPS) is 25.6. The first-order chi connectivity index (χ1) is 19.3. The molecule has 0 aromatic heterocycles. The number of rotatable bonds is 7. The maximum absolute atomic E-state index is 11.2. The number of benzene rings is 2. The Kier molecular flexibility index (Phi) is 9.29. The highest BCUT2D eigenvalue weighted by molar-refractivity contribution is 5.94. The van der Waals surface area contributed by atoms with E-state index < -0.39 is 18.1 Å². The summed E-state index contributed by atoms with van der Waals surface area (Å²) in [5.41, 5.74) is 4.04. The quantitative estimate of drug-likeness (QED) is 0.212. The maximum atomic E-state index is 11.2. The van der Waals surface area contributed by atoms with E-state index in [0.717, 1.165) is 29.4 Å². The molecule has 1 atom stereocenters. The van der Waals surface area contributed by atoms with Gasteiger partial charge in [0, 0.05) is 11.7 Å². The molecule has 4 N–H and O–H groups in total. The predicted molar refractivity (Wildman–Crippen MR) is 151 cm³/mol. The molecule has 4 aliphatic carbocycles. The first-order valence-corrected chi connectivity index (χ1v) is 14.1. The summed E-state index contributed by atoms with van der Waals surface area (Å²) in [6, 6.07) is 15.7. The van der Waals surface area contributed by atoms with E-state index >= 15 is 0 Å². The molecule has 0 aliphatic heterocycles. The molecule has 6 rings (SSSR count). The van der Waals surface area contributed by atoms with Gasteiger partial charge < -0.3 is 20.8 Å². The summed E-state index contributed by atoms with van der Waals surface area (Å²) in [6.07, 6.45) is 4.75. The predicted octanol–water partition coefficient (Wildman–Crippen LogP) is 6.88. The van der Waals surface area contributed by atoms with Gasteiger partial charge in [-0.3, -0.25) is 0 Å². The van der Waals surface area contributed by atoms with E-state index in [1.807, 2.05) is 0 Å². The van der Waals surface area contributed by atoms with Crippen LogP contribution in [0.3, 0.4) is 0 Å². The zero-order chi connectivity index (χ0) is 29.8. The minimum Gasteiger partial charge on any atom is -0.478 e. The number of aliphatic carboxylic acids is 1. The molecule has 4 bridgehead atoms. The van der Waals surface area contributed by atoms with Gasteiger partial charge in [-0.1, -0.05) is 29.8 Å². The van der Waals surface area contributed by atoms with Crippen LogP contribution < -0.4 is 10.6 Å². The largest absolute Gasteiger partial charge is 0.490 e. The van der Waals surface area contributed by atoms with Gasteiger partial charge in [0.05, 0.1) is 12.1 Å². The van der Waals surface area contributed by atoms with Crippen LogP contribution in [0.1, 0.15) is 73.4 Å². The number of carboxylic acids is 2. The van der Waals surface area contributed by atoms with Crippen molar-refractivity contribution in [3.05, 3.63) is 65.2 Å². The molecule has 0 spiro atoms. The Bertz CT molecular complexity index is 1210. The smallest absolute Gasteiger partial charge is 0.478 e. The van der Waals surface area contributed by atoms with Crippen molar-refractivity contribution >= 4 is 23.6 Å². The highest BCUT2D eigenvalue weighted by atomic mass is 19.4. The van der Waals surface area contributed by atoms with Crippen molar-refractivity contribution < 1.29 is 33.0 Å². The Morgan fingerprint density at radius 3 is 1.93 bits per heavy atom. The monoisotopic (exact) mass is 573 g/mol. The Labute approximate surface area is 238 Å². The zero-order valence-electron chi connectivity index (χ0n) is 23.4. The van der Waals surface area contributed by atoms with Crippen molar-refractivity contribution in [2.75, 3.05) is 5.32 Å². The van der Waals surface area contributed by atoms with Gasteiger partial charge in [-0.05, 0) is 112 Å². The summed E-state index contributed by atoms with van der Waals surface area (Å²) in [6.45, 7) is 4.97. The average Bonchev–Trinajstić information content (AvgIpc) is 2.87. The number of carboxylic acid groups (broad SMARTS) is 2. The lowest BCUT2D eigenvalue weighted by Crippen LogP contribution is -2.49. The highest BCUT2D eigenvalue weighted by Gasteiger charge is 2.51. The summed E-state index contributed by atoms with van der Waals surface area (Å²) >= 11 is 0. The van der Waals surface area contributed by atoms with E-state index in [-0.39, 0.29) is 5.56 Å². The first-order valence-electron chi connectivity index (χ1n) is 14.1. The summed E-state index contributed by atoms with van der Waals surface area (Å²) in [4.78, 5) is 25.0. The molecule has 41 heavy (non-hydrogen) atoms. The Balaban J connectivity index is 0.000000493.